The Balaban J connectivity index is 3.84. The summed E-state index contributed by atoms with van der Waals surface area (Å²) in [5.41, 5.74) is 0. The van der Waals surface area contributed by atoms with Crippen LogP contribution in [0.15, 0.2) is 0 Å². The molecule has 0 rings (SSSR count). The van der Waals surface area contributed by atoms with Gasteiger partial charge in [0.25, 0.3) is 0 Å². The standard InChI is InChI=1S/C6H8F3NO4/c7-6(8,9)5(14)10-2-3(11)1-4(12)13/h3,11H,1-2H2,(H,10,14)(H,12,13)/t3-/m0/s1. The van der Waals surface area contributed by atoms with Gasteiger partial charge in [-0.1, -0.05) is 0 Å². The number of carboxylic acid groups (broad SMARTS) is 1. The van der Waals surface area contributed by atoms with Crippen molar-refractivity contribution >= 4 is 11.9 Å². The third-order valence-electron chi connectivity index (χ3n) is 1.17. The zero-order valence-electron chi connectivity index (χ0n) is 6.84. The Morgan fingerprint density at radius 2 is 1.86 bits per heavy atom. The molecule has 8 heteroatoms. The number of carbonyl (C=O) groups excluding carboxylic acids is 1. The molecule has 0 aliphatic rings. The number of carbonyl (C=O) groups is 2. The molecule has 0 aromatic rings. The summed E-state index contributed by atoms with van der Waals surface area (Å²) in [5.74, 6) is -3.57. The first-order valence-corrected chi connectivity index (χ1v) is 3.48. The molecule has 0 saturated heterocycles. The maximum absolute atomic E-state index is 11.6. The normalized spacial score (nSPS) is 13.4. The first-order valence-electron chi connectivity index (χ1n) is 3.48. The lowest BCUT2D eigenvalue weighted by Gasteiger charge is -2.10. The van der Waals surface area contributed by atoms with Crippen LogP contribution in [0.4, 0.5) is 13.2 Å². The van der Waals surface area contributed by atoms with E-state index in [4.69, 9.17) is 10.2 Å². The number of aliphatic hydroxyl groups excluding tert-OH is 1. The van der Waals surface area contributed by atoms with E-state index in [1.807, 2.05) is 0 Å². The quantitative estimate of drug-likeness (QED) is 0.590. The zero-order chi connectivity index (χ0) is 11.4. The van der Waals surface area contributed by atoms with Crippen molar-refractivity contribution in [1.29, 1.82) is 0 Å². The van der Waals surface area contributed by atoms with Gasteiger partial charge in [0, 0.05) is 6.54 Å². The molecule has 0 unspecified atom stereocenters. The molecule has 0 aliphatic heterocycles. The van der Waals surface area contributed by atoms with Gasteiger partial charge in [0.1, 0.15) is 0 Å². The number of amides is 1. The summed E-state index contributed by atoms with van der Waals surface area (Å²) < 4.78 is 34.7. The molecule has 5 nitrogen and oxygen atoms in total. The average Bonchev–Trinajstić information content (AvgIpc) is 1.96. The summed E-state index contributed by atoms with van der Waals surface area (Å²) in [5, 5.41) is 18.2. The topological polar surface area (TPSA) is 86.6 Å². The number of carboxylic acids is 1. The second-order valence-corrected chi connectivity index (χ2v) is 2.46. The molecule has 82 valence electrons. The van der Waals surface area contributed by atoms with Crippen molar-refractivity contribution in [3.8, 4) is 0 Å². The fourth-order valence-corrected chi connectivity index (χ4v) is 0.584. The predicted octanol–water partition coefficient (Wildman–Crippen LogP) is -0.499. The molecule has 3 N–H and O–H groups in total. The van der Waals surface area contributed by atoms with Crippen LogP contribution < -0.4 is 5.32 Å². The SMILES string of the molecule is O=C(O)C[C@H](O)CNC(=O)C(F)(F)F. The van der Waals surface area contributed by atoms with Crippen molar-refractivity contribution in [2.24, 2.45) is 0 Å². The molecule has 0 radical (unpaired) electrons. The van der Waals surface area contributed by atoms with Crippen LogP contribution in [0, 0.1) is 0 Å². The number of hydrogen-bond acceptors (Lipinski definition) is 3. The molecule has 0 saturated carbocycles. The third kappa shape index (κ3) is 5.36. The molecule has 14 heavy (non-hydrogen) atoms. The fraction of sp³-hybridized carbons (Fsp3) is 0.667. The molecular formula is C6H8F3NO4. The highest BCUT2D eigenvalue weighted by Gasteiger charge is 2.38. The van der Waals surface area contributed by atoms with Gasteiger partial charge in [-0.15, -0.1) is 0 Å². The van der Waals surface area contributed by atoms with Crippen LogP contribution in [-0.2, 0) is 9.59 Å². The Kier molecular flexibility index (Phi) is 4.35. The molecule has 0 aromatic heterocycles. The van der Waals surface area contributed by atoms with Crippen molar-refractivity contribution in [3.63, 3.8) is 0 Å². The minimum Gasteiger partial charge on any atom is -0.481 e. The van der Waals surface area contributed by atoms with Crippen LogP contribution in [0.2, 0.25) is 0 Å². The Morgan fingerprint density at radius 1 is 1.36 bits per heavy atom. The Morgan fingerprint density at radius 3 is 2.21 bits per heavy atom. The van der Waals surface area contributed by atoms with Crippen molar-refractivity contribution < 1.29 is 33.0 Å². The fourth-order valence-electron chi connectivity index (χ4n) is 0.584. The highest BCUT2D eigenvalue weighted by Crippen LogP contribution is 2.13. The van der Waals surface area contributed by atoms with E-state index < -0.39 is 37.1 Å². The Hall–Kier alpha value is -1.31. The summed E-state index contributed by atoms with van der Waals surface area (Å²) in [6.07, 6.45) is -7.28. The van der Waals surface area contributed by atoms with Crippen LogP contribution in [-0.4, -0.2) is 40.9 Å². The van der Waals surface area contributed by atoms with Gasteiger partial charge >= 0.3 is 18.1 Å². The van der Waals surface area contributed by atoms with Crippen LogP contribution in [0.5, 0.6) is 0 Å². The van der Waals surface area contributed by atoms with Gasteiger partial charge in [-0.25, -0.2) is 0 Å². The number of nitrogens with one attached hydrogen (secondary N) is 1. The Labute approximate surface area is 76.5 Å². The lowest BCUT2D eigenvalue weighted by atomic mass is 10.2. The van der Waals surface area contributed by atoms with Gasteiger partial charge in [0.2, 0.25) is 0 Å². The van der Waals surface area contributed by atoms with E-state index >= 15 is 0 Å². The number of hydrogen-bond donors (Lipinski definition) is 3. The van der Waals surface area contributed by atoms with Gasteiger partial charge in [-0.05, 0) is 0 Å². The van der Waals surface area contributed by atoms with Crippen LogP contribution >= 0.6 is 0 Å². The van der Waals surface area contributed by atoms with Crippen LogP contribution in [0.1, 0.15) is 6.42 Å². The average molecular weight is 215 g/mol. The van der Waals surface area contributed by atoms with Gasteiger partial charge in [-0.2, -0.15) is 13.2 Å². The second-order valence-electron chi connectivity index (χ2n) is 2.46. The predicted molar refractivity (Wildman–Crippen MR) is 37.3 cm³/mol. The Bertz CT molecular complexity index is 228. The highest BCUT2D eigenvalue weighted by atomic mass is 19.4. The minimum absolute atomic E-state index is 0.724. The van der Waals surface area contributed by atoms with Gasteiger partial charge in [0.15, 0.2) is 0 Å². The molecule has 1 amide bonds. The van der Waals surface area contributed by atoms with Crippen molar-refractivity contribution in [3.05, 3.63) is 0 Å². The highest BCUT2D eigenvalue weighted by molar-refractivity contribution is 5.81. The molecule has 0 fully saturated rings. The maximum atomic E-state index is 11.6. The van der Waals surface area contributed by atoms with E-state index in [2.05, 4.69) is 0 Å². The van der Waals surface area contributed by atoms with Crippen molar-refractivity contribution in [2.75, 3.05) is 6.54 Å². The first-order chi connectivity index (χ1) is 6.23. The number of rotatable bonds is 4. The van der Waals surface area contributed by atoms with E-state index in [1.54, 1.807) is 0 Å². The second kappa shape index (κ2) is 4.80. The maximum Gasteiger partial charge on any atom is 0.471 e. The first kappa shape index (κ1) is 12.7. The number of halogens is 3. The molecule has 0 spiro atoms. The smallest absolute Gasteiger partial charge is 0.471 e. The number of aliphatic hydroxyl groups is 1. The van der Waals surface area contributed by atoms with Crippen LogP contribution in [0.25, 0.3) is 0 Å². The summed E-state index contributed by atoms with van der Waals surface area (Å²) >= 11 is 0. The van der Waals surface area contributed by atoms with E-state index in [0.717, 1.165) is 0 Å². The lowest BCUT2D eigenvalue weighted by molar-refractivity contribution is -0.174. The van der Waals surface area contributed by atoms with Gasteiger partial charge in [-0.3, -0.25) is 9.59 Å². The van der Waals surface area contributed by atoms with Crippen LogP contribution in [0.3, 0.4) is 0 Å². The third-order valence-corrected chi connectivity index (χ3v) is 1.17. The van der Waals surface area contributed by atoms with E-state index in [0.29, 0.717) is 0 Å². The minimum atomic E-state index is -5.02. The van der Waals surface area contributed by atoms with Crippen molar-refractivity contribution in [1.82, 2.24) is 5.32 Å². The zero-order valence-corrected chi connectivity index (χ0v) is 6.84. The molecule has 0 aliphatic carbocycles. The summed E-state index contributed by atoms with van der Waals surface area (Å²) in [4.78, 5) is 20.1. The molecule has 0 heterocycles. The lowest BCUT2D eigenvalue weighted by Crippen LogP contribution is -2.41. The van der Waals surface area contributed by atoms with Gasteiger partial charge < -0.3 is 15.5 Å². The van der Waals surface area contributed by atoms with E-state index in [1.165, 1.54) is 5.32 Å². The molecule has 0 aromatic carbocycles. The summed E-state index contributed by atoms with van der Waals surface area (Å²) in [6.45, 7) is -0.745. The van der Waals surface area contributed by atoms with E-state index in [9.17, 15) is 22.8 Å². The summed E-state index contributed by atoms with van der Waals surface area (Å²) in [6, 6.07) is 0. The number of aliphatic carboxylic acids is 1. The van der Waals surface area contributed by atoms with E-state index in [-0.39, 0.29) is 0 Å². The summed E-state index contributed by atoms with van der Waals surface area (Å²) in [7, 11) is 0. The van der Waals surface area contributed by atoms with Crippen molar-refractivity contribution in [2.45, 2.75) is 18.7 Å². The molecule has 1 atom stereocenters. The largest absolute Gasteiger partial charge is 0.481 e. The number of alkyl halides is 3. The monoisotopic (exact) mass is 215 g/mol. The molecular weight excluding hydrogens is 207 g/mol. The van der Waals surface area contributed by atoms with Gasteiger partial charge in [0.05, 0.1) is 12.5 Å². The molecule has 0 bridgehead atoms.